The molecule has 1 aromatic heterocycles. The fourth-order valence-electron chi connectivity index (χ4n) is 3.69. The number of allylic oxidation sites excluding steroid dienone is 1. The highest BCUT2D eigenvalue weighted by molar-refractivity contribution is 7.22. The van der Waals surface area contributed by atoms with Crippen molar-refractivity contribution in [2.24, 2.45) is 0 Å². The van der Waals surface area contributed by atoms with E-state index in [2.05, 4.69) is 86.7 Å². The third kappa shape index (κ3) is 2.69. The molecular formula is C25H20S. The highest BCUT2D eigenvalue weighted by Gasteiger charge is 2.16. The van der Waals surface area contributed by atoms with Crippen LogP contribution in [-0.4, -0.2) is 0 Å². The van der Waals surface area contributed by atoms with Gasteiger partial charge < -0.3 is 0 Å². The molecule has 0 spiro atoms. The first kappa shape index (κ1) is 15.6. The van der Waals surface area contributed by atoms with E-state index in [0.29, 0.717) is 0 Å². The second kappa shape index (κ2) is 5.96. The largest absolute Gasteiger partial charge is 0.135 e. The molecule has 4 aromatic rings. The lowest BCUT2D eigenvalue weighted by atomic mass is 10.0. The maximum atomic E-state index is 2.39. The van der Waals surface area contributed by atoms with Crippen molar-refractivity contribution in [3.05, 3.63) is 94.5 Å². The van der Waals surface area contributed by atoms with Crippen LogP contribution in [0.1, 0.15) is 27.8 Å². The molecule has 1 aliphatic rings. The zero-order valence-corrected chi connectivity index (χ0v) is 15.9. The molecule has 1 aliphatic carbocycles. The Morgan fingerprint density at radius 3 is 2.08 bits per heavy atom. The van der Waals surface area contributed by atoms with Gasteiger partial charge >= 0.3 is 0 Å². The van der Waals surface area contributed by atoms with Crippen molar-refractivity contribution in [2.75, 3.05) is 0 Å². The third-order valence-corrected chi connectivity index (χ3v) is 6.39. The normalized spacial score (nSPS) is 13.1. The van der Waals surface area contributed by atoms with Gasteiger partial charge in [0.15, 0.2) is 0 Å². The first-order chi connectivity index (χ1) is 12.7. The molecule has 0 bridgehead atoms. The zero-order valence-electron chi connectivity index (χ0n) is 15.0. The molecule has 0 unspecified atom stereocenters. The Morgan fingerprint density at radius 2 is 1.38 bits per heavy atom. The minimum Gasteiger partial charge on any atom is -0.135 e. The van der Waals surface area contributed by atoms with E-state index in [1.165, 1.54) is 53.9 Å². The summed E-state index contributed by atoms with van der Waals surface area (Å²) in [5.74, 6) is 0. The minimum absolute atomic E-state index is 1.03. The lowest BCUT2D eigenvalue weighted by Gasteiger charge is -2.03. The van der Waals surface area contributed by atoms with Crippen LogP contribution in [0.15, 0.2) is 66.7 Å². The van der Waals surface area contributed by atoms with Gasteiger partial charge in [-0.2, -0.15) is 0 Å². The van der Waals surface area contributed by atoms with E-state index < -0.39 is 0 Å². The van der Waals surface area contributed by atoms with Gasteiger partial charge in [0, 0.05) is 9.58 Å². The van der Waals surface area contributed by atoms with Crippen molar-refractivity contribution in [3.63, 3.8) is 0 Å². The van der Waals surface area contributed by atoms with Crippen LogP contribution >= 0.6 is 11.3 Å². The number of hydrogen-bond donors (Lipinski definition) is 0. The van der Waals surface area contributed by atoms with Gasteiger partial charge in [0.25, 0.3) is 0 Å². The summed E-state index contributed by atoms with van der Waals surface area (Å²) >= 11 is 1.89. The van der Waals surface area contributed by atoms with E-state index in [4.69, 9.17) is 0 Å². The summed E-state index contributed by atoms with van der Waals surface area (Å²) < 4.78 is 1.38. The van der Waals surface area contributed by atoms with E-state index in [1.807, 2.05) is 11.3 Å². The number of thiophene rings is 1. The number of aryl methyl sites for hydroxylation is 2. The molecule has 0 radical (unpaired) electrons. The lowest BCUT2D eigenvalue weighted by molar-refractivity contribution is 1.32. The molecule has 0 nitrogen and oxygen atoms in total. The fraction of sp³-hybridized carbons (Fsp3) is 0.120. The molecule has 0 atom stereocenters. The summed E-state index contributed by atoms with van der Waals surface area (Å²) in [5, 5.41) is 1.36. The Balaban J connectivity index is 1.53. The first-order valence-corrected chi connectivity index (χ1v) is 9.88. The van der Waals surface area contributed by atoms with E-state index in [0.717, 1.165) is 6.42 Å². The van der Waals surface area contributed by atoms with Crippen LogP contribution in [0.5, 0.6) is 0 Å². The maximum absolute atomic E-state index is 2.39. The average molecular weight is 353 g/mol. The van der Waals surface area contributed by atoms with Gasteiger partial charge in [-0.15, -0.1) is 11.3 Å². The van der Waals surface area contributed by atoms with Gasteiger partial charge in [0.1, 0.15) is 0 Å². The first-order valence-electron chi connectivity index (χ1n) is 9.07. The Bertz CT molecular complexity index is 1140. The van der Waals surface area contributed by atoms with Crippen molar-refractivity contribution in [2.45, 2.75) is 20.3 Å². The van der Waals surface area contributed by atoms with Gasteiger partial charge in [-0.05, 0) is 71.7 Å². The summed E-state index contributed by atoms with van der Waals surface area (Å²) in [6, 6.07) is 24.8. The molecule has 126 valence electrons. The highest BCUT2D eigenvalue weighted by atomic mass is 32.1. The fourth-order valence-corrected chi connectivity index (χ4v) is 4.79. The van der Waals surface area contributed by atoms with Crippen LogP contribution in [-0.2, 0) is 6.42 Å². The topological polar surface area (TPSA) is 0 Å². The van der Waals surface area contributed by atoms with Gasteiger partial charge in [-0.3, -0.25) is 0 Å². The van der Waals surface area contributed by atoms with E-state index in [-0.39, 0.29) is 0 Å². The van der Waals surface area contributed by atoms with Crippen molar-refractivity contribution >= 4 is 33.1 Å². The molecule has 0 amide bonds. The Morgan fingerprint density at radius 1 is 0.731 bits per heavy atom. The average Bonchev–Trinajstić information content (AvgIpc) is 3.23. The van der Waals surface area contributed by atoms with E-state index in [1.54, 1.807) is 0 Å². The van der Waals surface area contributed by atoms with Crippen LogP contribution < -0.4 is 0 Å². The predicted molar refractivity (Wildman–Crippen MR) is 115 cm³/mol. The van der Waals surface area contributed by atoms with E-state index in [9.17, 15) is 0 Å². The van der Waals surface area contributed by atoms with Crippen molar-refractivity contribution < 1.29 is 0 Å². The molecule has 0 fully saturated rings. The monoisotopic (exact) mass is 352 g/mol. The van der Waals surface area contributed by atoms with Crippen molar-refractivity contribution in [1.29, 1.82) is 0 Å². The second-order valence-electron chi connectivity index (χ2n) is 7.28. The number of fused-ring (bicyclic) bond motifs is 2. The molecule has 1 heterocycles. The molecule has 5 rings (SSSR count). The standard InChI is InChI=1S/C25H20S/c1-16-3-7-18(8-4-16)20-11-21-13-23-15-24(19-9-5-17(2)6-10-19)26-25(23)14-22(21)12-20/h3-10,12-15H,11H2,1-2H3. The molecular weight excluding hydrogens is 332 g/mol. The third-order valence-electron chi connectivity index (χ3n) is 5.25. The molecule has 0 N–H and O–H groups in total. The molecule has 0 aliphatic heterocycles. The summed E-state index contributed by atoms with van der Waals surface area (Å²) in [7, 11) is 0. The van der Waals surface area contributed by atoms with Gasteiger partial charge in [-0.25, -0.2) is 0 Å². The summed E-state index contributed by atoms with van der Waals surface area (Å²) in [6.07, 6.45) is 3.40. The quantitative estimate of drug-likeness (QED) is 0.355. The van der Waals surface area contributed by atoms with Crippen LogP contribution in [0.25, 0.3) is 32.2 Å². The van der Waals surface area contributed by atoms with Crippen molar-refractivity contribution in [3.8, 4) is 10.4 Å². The van der Waals surface area contributed by atoms with Crippen LogP contribution in [0.4, 0.5) is 0 Å². The molecule has 0 saturated carbocycles. The summed E-state index contributed by atoms with van der Waals surface area (Å²) in [4.78, 5) is 1.35. The summed E-state index contributed by atoms with van der Waals surface area (Å²) in [6.45, 7) is 4.28. The van der Waals surface area contributed by atoms with Crippen LogP contribution in [0, 0.1) is 13.8 Å². The molecule has 3 aromatic carbocycles. The van der Waals surface area contributed by atoms with Gasteiger partial charge in [0.05, 0.1) is 0 Å². The molecule has 0 saturated heterocycles. The Kier molecular flexibility index (Phi) is 3.58. The molecule has 26 heavy (non-hydrogen) atoms. The number of rotatable bonds is 2. The molecule has 1 heteroatoms. The van der Waals surface area contributed by atoms with E-state index >= 15 is 0 Å². The summed E-state index contributed by atoms with van der Waals surface area (Å²) in [5.41, 5.74) is 9.53. The lowest BCUT2D eigenvalue weighted by Crippen LogP contribution is -1.85. The zero-order chi connectivity index (χ0) is 17.7. The SMILES string of the molecule is Cc1ccc(C2=Cc3cc4sc(-c5ccc(C)cc5)cc4cc3C2)cc1. The van der Waals surface area contributed by atoms with Gasteiger partial charge in [0.2, 0.25) is 0 Å². The smallest absolute Gasteiger partial charge is 0.0355 e. The van der Waals surface area contributed by atoms with Crippen LogP contribution in [0.2, 0.25) is 0 Å². The van der Waals surface area contributed by atoms with Gasteiger partial charge in [-0.1, -0.05) is 65.7 Å². The number of benzene rings is 3. The maximum Gasteiger partial charge on any atom is 0.0355 e. The minimum atomic E-state index is 1.03. The number of hydrogen-bond acceptors (Lipinski definition) is 1. The van der Waals surface area contributed by atoms with Crippen molar-refractivity contribution in [1.82, 2.24) is 0 Å². The Labute approximate surface area is 158 Å². The predicted octanol–water partition coefficient (Wildman–Crippen LogP) is 7.28. The second-order valence-corrected chi connectivity index (χ2v) is 8.36. The Hall–Kier alpha value is -2.64. The van der Waals surface area contributed by atoms with Crippen LogP contribution in [0.3, 0.4) is 0 Å². The highest BCUT2D eigenvalue weighted by Crippen LogP contribution is 2.39.